The molecular formula is C15H17BrClN3. The van der Waals surface area contributed by atoms with E-state index in [1.54, 1.807) is 0 Å². The fourth-order valence-electron chi connectivity index (χ4n) is 2.14. The van der Waals surface area contributed by atoms with Crippen molar-refractivity contribution in [1.82, 2.24) is 9.97 Å². The second kappa shape index (κ2) is 6.66. The van der Waals surface area contributed by atoms with Crippen molar-refractivity contribution >= 4 is 27.5 Å². The Hall–Kier alpha value is -0.970. The maximum Gasteiger partial charge on any atom is 0.159 e. The fourth-order valence-corrected chi connectivity index (χ4v) is 2.64. The number of hydrogen-bond acceptors (Lipinski definition) is 3. The Balaban J connectivity index is 2.41. The molecule has 0 saturated heterocycles. The van der Waals surface area contributed by atoms with Crippen LogP contribution >= 0.6 is 27.5 Å². The molecule has 3 nitrogen and oxygen atoms in total. The summed E-state index contributed by atoms with van der Waals surface area (Å²) in [6.07, 6.45) is 1.88. The summed E-state index contributed by atoms with van der Waals surface area (Å²) in [7, 11) is 0. The van der Waals surface area contributed by atoms with Crippen molar-refractivity contribution in [3.63, 3.8) is 0 Å². The number of nitrogens with zero attached hydrogens (tertiary/aromatic N) is 2. The van der Waals surface area contributed by atoms with E-state index < -0.39 is 0 Å². The van der Waals surface area contributed by atoms with Gasteiger partial charge in [-0.15, -0.1) is 0 Å². The standard InChI is InChI=1S/C15H17BrClN3/c1-9-12(4-3-7-18)10(2)20-15(19-9)11-5-6-14(17)13(16)8-11/h5-6,8H,3-4,7,18H2,1-2H3. The number of benzene rings is 1. The normalized spacial score (nSPS) is 10.8. The summed E-state index contributed by atoms with van der Waals surface area (Å²) in [5, 5.41) is 0.682. The number of hydrogen-bond donors (Lipinski definition) is 1. The van der Waals surface area contributed by atoms with Crippen molar-refractivity contribution in [3.8, 4) is 11.4 Å². The first-order chi connectivity index (χ1) is 9.52. The average molecular weight is 355 g/mol. The first-order valence-electron chi connectivity index (χ1n) is 6.52. The van der Waals surface area contributed by atoms with Gasteiger partial charge in [0.15, 0.2) is 5.82 Å². The van der Waals surface area contributed by atoms with Gasteiger partial charge >= 0.3 is 0 Å². The van der Waals surface area contributed by atoms with E-state index in [2.05, 4.69) is 25.9 Å². The van der Waals surface area contributed by atoms with Crippen molar-refractivity contribution in [3.05, 3.63) is 44.6 Å². The quantitative estimate of drug-likeness (QED) is 0.900. The Morgan fingerprint density at radius 1 is 1.20 bits per heavy atom. The van der Waals surface area contributed by atoms with Crippen molar-refractivity contribution in [2.24, 2.45) is 5.73 Å². The zero-order valence-electron chi connectivity index (χ0n) is 11.6. The Morgan fingerprint density at radius 2 is 1.85 bits per heavy atom. The lowest BCUT2D eigenvalue weighted by atomic mass is 10.1. The van der Waals surface area contributed by atoms with Crippen LogP contribution in [0.1, 0.15) is 23.4 Å². The largest absolute Gasteiger partial charge is 0.330 e. The SMILES string of the molecule is Cc1nc(-c2ccc(Cl)c(Br)c2)nc(C)c1CCCN. The molecule has 2 N–H and O–H groups in total. The van der Waals surface area contributed by atoms with E-state index in [1.165, 1.54) is 5.56 Å². The molecule has 0 bridgehead atoms. The summed E-state index contributed by atoms with van der Waals surface area (Å²) in [6.45, 7) is 4.73. The molecule has 2 aromatic rings. The van der Waals surface area contributed by atoms with Crippen LogP contribution in [-0.2, 0) is 6.42 Å². The smallest absolute Gasteiger partial charge is 0.159 e. The molecule has 1 aromatic carbocycles. The zero-order chi connectivity index (χ0) is 14.7. The van der Waals surface area contributed by atoms with E-state index in [-0.39, 0.29) is 0 Å². The molecule has 20 heavy (non-hydrogen) atoms. The summed E-state index contributed by atoms with van der Waals surface area (Å²) in [6, 6.07) is 5.72. The van der Waals surface area contributed by atoms with Crippen LogP contribution in [0.15, 0.2) is 22.7 Å². The van der Waals surface area contributed by atoms with Crippen molar-refractivity contribution in [2.45, 2.75) is 26.7 Å². The summed E-state index contributed by atoms with van der Waals surface area (Å²) in [5.74, 6) is 0.730. The second-order valence-corrected chi connectivity index (χ2v) is 5.98. The molecule has 0 spiro atoms. The van der Waals surface area contributed by atoms with Crippen LogP contribution in [0.3, 0.4) is 0 Å². The van der Waals surface area contributed by atoms with E-state index >= 15 is 0 Å². The average Bonchev–Trinajstić information content (AvgIpc) is 2.41. The highest BCUT2D eigenvalue weighted by Crippen LogP contribution is 2.28. The van der Waals surface area contributed by atoms with E-state index in [0.29, 0.717) is 11.6 Å². The van der Waals surface area contributed by atoms with Crippen LogP contribution in [0.5, 0.6) is 0 Å². The lowest BCUT2D eigenvalue weighted by Crippen LogP contribution is -2.06. The number of rotatable bonds is 4. The van der Waals surface area contributed by atoms with Crippen molar-refractivity contribution in [2.75, 3.05) is 6.54 Å². The molecule has 0 amide bonds. The predicted molar refractivity (Wildman–Crippen MR) is 87.0 cm³/mol. The molecule has 0 fully saturated rings. The predicted octanol–water partition coefficient (Wildman–Crippen LogP) is 4.07. The maximum absolute atomic E-state index is 6.01. The van der Waals surface area contributed by atoms with Gasteiger partial charge in [0, 0.05) is 21.4 Å². The fraction of sp³-hybridized carbons (Fsp3) is 0.333. The number of nitrogens with two attached hydrogens (primary N) is 1. The highest BCUT2D eigenvalue weighted by atomic mass is 79.9. The van der Waals surface area contributed by atoms with Crippen molar-refractivity contribution < 1.29 is 0 Å². The van der Waals surface area contributed by atoms with E-state index in [0.717, 1.165) is 40.1 Å². The van der Waals surface area contributed by atoms with Crippen molar-refractivity contribution in [1.29, 1.82) is 0 Å². The molecule has 0 aliphatic carbocycles. The molecular weight excluding hydrogens is 338 g/mol. The zero-order valence-corrected chi connectivity index (χ0v) is 13.9. The molecule has 2 rings (SSSR count). The Labute approximate surface area is 132 Å². The highest BCUT2D eigenvalue weighted by molar-refractivity contribution is 9.10. The Kier molecular flexibility index (Phi) is 5.13. The number of aryl methyl sites for hydroxylation is 2. The van der Waals surface area contributed by atoms with E-state index in [4.69, 9.17) is 17.3 Å². The van der Waals surface area contributed by atoms with Crippen LogP contribution in [-0.4, -0.2) is 16.5 Å². The summed E-state index contributed by atoms with van der Waals surface area (Å²) < 4.78 is 0.850. The summed E-state index contributed by atoms with van der Waals surface area (Å²) in [4.78, 5) is 9.22. The van der Waals surface area contributed by atoms with Gasteiger partial charge in [0.25, 0.3) is 0 Å². The minimum Gasteiger partial charge on any atom is -0.330 e. The van der Waals surface area contributed by atoms with Gasteiger partial charge in [0.1, 0.15) is 0 Å². The third-order valence-corrected chi connectivity index (χ3v) is 4.44. The van der Waals surface area contributed by atoms with Crippen LogP contribution in [0.4, 0.5) is 0 Å². The van der Waals surface area contributed by atoms with Gasteiger partial charge in [-0.2, -0.15) is 0 Å². The topological polar surface area (TPSA) is 51.8 Å². The van der Waals surface area contributed by atoms with Gasteiger partial charge in [-0.1, -0.05) is 11.6 Å². The number of aromatic nitrogens is 2. The lowest BCUT2D eigenvalue weighted by molar-refractivity contribution is 0.806. The van der Waals surface area contributed by atoms with Crippen LogP contribution in [0.25, 0.3) is 11.4 Å². The molecule has 0 aliphatic heterocycles. The third kappa shape index (κ3) is 3.37. The van der Waals surface area contributed by atoms with Crippen LogP contribution in [0, 0.1) is 13.8 Å². The molecule has 106 valence electrons. The first-order valence-corrected chi connectivity index (χ1v) is 7.69. The lowest BCUT2D eigenvalue weighted by Gasteiger charge is -2.11. The second-order valence-electron chi connectivity index (χ2n) is 4.72. The Bertz CT molecular complexity index is 606. The van der Waals surface area contributed by atoms with Crippen LogP contribution < -0.4 is 5.73 Å². The highest BCUT2D eigenvalue weighted by Gasteiger charge is 2.10. The molecule has 1 heterocycles. The molecule has 1 aromatic heterocycles. The first kappa shape index (κ1) is 15.4. The van der Waals surface area contributed by atoms with Gasteiger partial charge in [0.2, 0.25) is 0 Å². The molecule has 0 unspecified atom stereocenters. The summed E-state index contributed by atoms with van der Waals surface area (Å²) in [5.41, 5.74) is 9.77. The molecule has 0 aliphatic rings. The monoisotopic (exact) mass is 353 g/mol. The Morgan fingerprint density at radius 3 is 2.40 bits per heavy atom. The molecule has 5 heteroatoms. The maximum atomic E-state index is 6.01. The van der Waals surface area contributed by atoms with Crippen LogP contribution in [0.2, 0.25) is 5.02 Å². The van der Waals surface area contributed by atoms with E-state index in [1.807, 2.05) is 32.0 Å². The summed E-state index contributed by atoms with van der Waals surface area (Å²) >= 11 is 9.44. The van der Waals surface area contributed by atoms with Gasteiger partial charge in [-0.25, -0.2) is 9.97 Å². The van der Waals surface area contributed by atoms with Gasteiger partial charge in [-0.3, -0.25) is 0 Å². The molecule has 0 radical (unpaired) electrons. The number of halogens is 2. The van der Waals surface area contributed by atoms with E-state index in [9.17, 15) is 0 Å². The minimum absolute atomic E-state index is 0.682. The molecule has 0 atom stereocenters. The third-order valence-electron chi connectivity index (χ3n) is 3.23. The van der Waals surface area contributed by atoms with Gasteiger partial charge in [0.05, 0.1) is 5.02 Å². The minimum atomic E-state index is 0.682. The van der Waals surface area contributed by atoms with Gasteiger partial charge in [-0.05, 0) is 72.9 Å². The molecule has 0 saturated carbocycles. The van der Waals surface area contributed by atoms with Gasteiger partial charge < -0.3 is 5.73 Å².